The van der Waals surface area contributed by atoms with E-state index in [0.717, 1.165) is 20.7 Å². The summed E-state index contributed by atoms with van der Waals surface area (Å²) in [6.45, 7) is 2.16. The zero-order valence-corrected chi connectivity index (χ0v) is 13.0. The first-order valence-electron chi connectivity index (χ1n) is 6.45. The Hall–Kier alpha value is -1.76. The van der Waals surface area contributed by atoms with Crippen LogP contribution >= 0.6 is 11.3 Å². The van der Waals surface area contributed by atoms with E-state index < -0.39 is 10.0 Å². The number of fused-ring (bicyclic) bond motifs is 1. The molecule has 4 nitrogen and oxygen atoms in total. The van der Waals surface area contributed by atoms with Gasteiger partial charge in [0.2, 0.25) is 10.0 Å². The summed E-state index contributed by atoms with van der Waals surface area (Å²) in [5.41, 5.74) is 0. The maximum atomic E-state index is 12.5. The molecule has 0 aliphatic carbocycles. The second kappa shape index (κ2) is 5.55. The van der Waals surface area contributed by atoms with E-state index in [1.165, 1.54) is 11.3 Å². The predicted molar refractivity (Wildman–Crippen MR) is 84.8 cm³/mol. The highest BCUT2D eigenvalue weighted by Crippen LogP contribution is 2.23. The number of hydrogen-bond acceptors (Lipinski definition) is 4. The van der Waals surface area contributed by atoms with Crippen LogP contribution in [0.25, 0.3) is 10.8 Å². The first kappa shape index (κ1) is 14.2. The average Bonchev–Trinajstić information content (AvgIpc) is 2.90. The number of sulfonamides is 1. The summed E-state index contributed by atoms with van der Waals surface area (Å²) >= 11 is 1.49. The molecule has 3 rings (SSSR count). The van der Waals surface area contributed by atoms with Gasteiger partial charge < -0.3 is 0 Å². The Balaban J connectivity index is 1.93. The number of nitrogens with one attached hydrogen (secondary N) is 1. The summed E-state index contributed by atoms with van der Waals surface area (Å²) in [5, 5.41) is 2.39. The van der Waals surface area contributed by atoms with E-state index in [4.69, 9.17) is 0 Å². The van der Waals surface area contributed by atoms with E-state index in [-0.39, 0.29) is 6.54 Å². The fraction of sp³-hybridized carbons (Fsp3) is 0.133. The van der Waals surface area contributed by atoms with Gasteiger partial charge in [-0.1, -0.05) is 36.4 Å². The number of nitrogens with zero attached hydrogens (tertiary/aromatic N) is 1. The third-order valence-electron chi connectivity index (χ3n) is 3.12. The number of benzene rings is 2. The largest absolute Gasteiger partial charge is 0.248 e. The van der Waals surface area contributed by atoms with Crippen LogP contribution in [0, 0.1) is 6.92 Å². The fourth-order valence-corrected chi connectivity index (χ4v) is 4.18. The van der Waals surface area contributed by atoms with Gasteiger partial charge in [0.05, 0.1) is 11.4 Å². The van der Waals surface area contributed by atoms with Crippen LogP contribution in [0.15, 0.2) is 53.6 Å². The maximum absolute atomic E-state index is 12.5. The highest BCUT2D eigenvalue weighted by atomic mass is 32.2. The minimum Gasteiger partial charge on any atom is -0.248 e. The van der Waals surface area contributed by atoms with Crippen LogP contribution in [-0.2, 0) is 16.6 Å². The predicted octanol–water partition coefficient (Wildman–Crippen LogP) is 3.08. The summed E-state index contributed by atoms with van der Waals surface area (Å²) < 4.78 is 27.6. The fourth-order valence-electron chi connectivity index (χ4n) is 2.15. The molecule has 21 heavy (non-hydrogen) atoms. The molecule has 108 valence electrons. The lowest BCUT2D eigenvalue weighted by Crippen LogP contribution is -2.23. The van der Waals surface area contributed by atoms with E-state index in [0.29, 0.717) is 4.90 Å². The van der Waals surface area contributed by atoms with Gasteiger partial charge in [-0.15, -0.1) is 11.3 Å². The van der Waals surface area contributed by atoms with Gasteiger partial charge in [-0.3, -0.25) is 0 Å². The van der Waals surface area contributed by atoms with Gasteiger partial charge in [0.15, 0.2) is 0 Å². The number of aryl methyl sites for hydroxylation is 1. The van der Waals surface area contributed by atoms with Crippen molar-refractivity contribution in [1.82, 2.24) is 9.71 Å². The molecule has 1 aromatic heterocycles. The molecule has 1 heterocycles. The molecule has 0 bridgehead atoms. The van der Waals surface area contributed by atoms with Crippen LogP contribution < -0.4 is 4.72 Å². The number of rotatable bonds is 4. The Bertz CT molecular complexity index is 880. The number of thiazole rings is 1. The molecular formula is C15H14N2O2S2. The second-order valence-corrected chi connectivity index (χ2v) is 7.72. The van der Waals surface area contributed by atoms with Crippen LogP contribution in [0.4, 0.5) is 0 Å². The summed E-state index contributed by atoms with van der Waals surface area (Å²) in [4.78, 5) is 5.53. The Morgan fingerprint density at radius 2 is 1.90 bits per heavy atom. The topological polar surface area (TPSA) is 59.1 Å². The van der Waals surface area contributed by atoms with Crippen molar-refractivity contribution in [2.75, 3.05) is 0 Å². The molecule has 0 saturated carbocycles. The molecule has 0 aliphatic heterocycles. The summed E-state index contributed by atoms with van der Waals surface area (Å²) in [6, 6.07) is 12.7. The van der Waals surface area contributed by atoms with Gasteiger partial charge in [-0.05, 0) is 18.4 Å². The Morgan fingerprint density at radius 3 is 2.67 bits per heavy atom. The quantitative estimate of drug-likeness (QED) is 0.804. The maximum Gasteiger partial charge on any atom is 0.241 e. The molecule has 3 aromatic rings. The summed E-state index contributed by atoms with van der Waals surface area (Å²) in [6.07, 6.45) is 1.74. The SMILES string of the molecule is Cc1cnc(CNS(=O)(=O)c2cccc3ccccc23)s1. The van der Waals surface area contributed by atoms with Gasteiger partial charge >= 0.3 is 0 Å². The van der Waals surface area contributed by atoms with Crippen LogP contribution in [0.2, 0.25) is 0 Å². The van der Waals surface area contributed by atoms with Gasteiger partial charge in [0.1, 0.15) is 5.01 Å². The molecule has 1 N–H and O–H groups in total. The number of hydrogen-bond donors (Lipinski definition) is 1. The van der Waals surface area contributed by atoms with Crippen LogP contribution in [0.5, 0.6) is 0 Å². The smallest absolute Gasteiger partial charge is 0.241 e. The van der Waals surface area contributed by atoms with Crippen molar-refractivity contribution in [2.45, 2.75) is 18.4 Å². The molecule has 6 heteroatoms. The first-order chi connectivity index (χ1) is 10.1. The minimum atomic E-state index is -3.56. The highest BCUT2D eigenvalue weighted by molar-refractivity contribution is 7.89. The van der Waals surface area contributed by atoms with Crippen LogP contribution in [0.1, 0.15) is 9.88 Å². The van der Waals surface area contributed by atoms with Crippen molar-refractivity contribution in [2.24, 2.45) is 0 Å². The monoisotopic (exact) mass is 318 g/mol. The van der Waals surface area contributed by atoms with Crippen LogP contribution in [-0.4, -0.2) is 13.4 Å². The Kier molecular flexibility index (Phi) is 3.75. The Labute approximate surface area is 127 Å². The van der Waals surface area contributed by atoms with E-state index in [1.54, 1.807) is 18.3 Å². The van der Waals surface area contributed by atoms with Crippen molar-refractivity contribution >= 4 is 32.1 Å². The summed E-state index contributed by atoms with van der Waals surface area (Å²) in [7, 11) is -3.56. The molecule has 0 saturated heterocycles. The van der Waals surface area contributed by atoms with E-state index in [2.05, 4.69) is 9.71 Å². The third kappa shape index (κ3) is 2.97. The van der Waals surface area contributed by atoms with E-state index in [9.17, 15) is 8.42 Å². The third-order valence-corrected chi connectivity index (χ3v) is 5.49. The van der Waals surface area contributed by atoms with Gasteiger partial charge in [0.25, 0.3) is 0 Å². The van der Waals surface area contributed by atoms with Crippen molar-refractivity contribution in [3.63, 3.8) is 0 Å². The molecular weight excluding hydrogens is 304 g/mol. The molecule has 0 amide bonds. The van der Waals surface area contributed by atoms with Crippen molar-refractivity contribution in [1.29, 1.82) is 0 Å². The summed E-state index contributed by atoms with van der Waals surface area (Å²) in [5.74, 6) is 0. The van der Waals surface area contributed by atoms with E-state index >= 15 is 0 Å². The van der Waals surface area contributed by atoms with Gasteiger partial charge in [0, 0.05) is 16.5 Å². The minimum absolute atomic E-state index is 0.212. The second-order valence-electron chi connectivity index (χ2n) is 4.67. The standard InChI is InChI=1S/C15H14N2O2S2/c1-11-9-16-15(20-11)10-17-21(18,19)14-8-4-6-12-5-2-3-7-13(12)14/h2-9,17H,10H2,1H3. The molecule has 0 atom stereocenters. The lowest BCUT2D eigenvalue weighted by Gasteiger charge is -2.08. The molecule has 0 unspecified atom stereocenters. The average molecular weight is 318 g/mol. The van der Waals surface area contributed by atoms with E-state index in [1.807, 2.05) is 37.3 Å². The normalized spacial score (nSPS) is 11.9. The van der Waals surface area contributed by atoms with Gasteiger partial charge in [-0.25, -0.2) is 18.1 Å². The van der Waals surface area contributed by atoms with Crippen molar-refractivity contribution in [3.05, 3.63) is 58.5 Å². The van der Waals surface area contributed by atoms with Gasteiger partial charge in [-0.2, -0.15) is 0 Å². The molecule has 0 spiro atoms. The molecule has 0 aliphatic rings. The highest BCUT2D eigenvalue weighted by Gasteiger charge is 2.17. The van der Waals surface area contributed by atoms with Crippen molar-refractivity contribution < 1.29 is 8.42 Å². The zero-order valence-electron chi connectivity index (χ0n) is 11.4. The zero-order chi connectivity index (χ0) is 14.9. The lowest BCUT2D eigenvalue weighted by atomic mass is 10.1. The molecule has 0 radical (unpaired) electrons. The molecule has 2 aromatic carbocycles. The lowest BCUT2D eigenvalue weighted by molar-refractivity contribution is 0.582. The molecule has 0 fully saturated rings. The van der Waals surface area contributed by atoms with Crippen LogP contribution in [0.3, 0.4) is 0 Å². The van der Waals surface area contributed by atoms with Crippen molar-refractivity contribution in [3.8, 4) is 0 Å². The first-order valence-corrected chi connectivity index (χ1v) is 8.75. The number of aromatic nitrogens is 1. The Morgan fingerprint density at radius 1 is 1.14 bits per heavy atom.